The summed E-state index contributed by atoms with van der Waals surface area (Å²) in [6, 6.07) is 2.48. The summed E-state index contributed by atoms with van der Waals surface area (Å²) in [4.78, 5) is 20.5. The van der Waals surface area contributed by atoms with Gasteiger partial charge in [0.05, 0.1) is 4.92 Å². The first kappa shape index (κ1) is 14.1. The summed E-state index contributed by atoms with van der Waals surface area (Å²) in [5.41, 5.74) is -4.17. The Morgan fingerprint density at radius 2 is 2.05 bits per heavy atom. The lowest BCUT2D eigenvalue weighted by Gasteiger charge is -2.15. The third-order valence-corrected chi connectivity index (χ3v) is 3.03. The third kappa shape index (κ3) is 1.89. The van der Waals surface area contributed by atoms with E-state index in [4.69, 9.17) is 5.26 Å². The van der Waals surface area contributed by atoms with Crippen molar-refractivity contribution >= 4 is 16.7 Å². The Morgan fingerprint density at radius 1 is 1.43 bits per heavy atom. The van der Waals surface area contributed by atoms with Crippen LogP contribution in [0.4, 0.5) is 5.69 Å². The average Bonchev–Trinajstić information content (AvgIpc) is 2.79. The summed E-state index contributed by atoms with van der Waals surface area (Å²) in [7, 11) is 0. The summed E-state index contributed by atoms with van der Waals surface area (Å²) in [6.07, 6.45) is 0. The summed E-state index contributed by atoms with van der Waals surface area (Å²) < 4.78 is 4.32. The van der Waals surface area contributed by atoms with Gasteiger partial charge in [0.25, 0.3) is 16.7 Å². The van der Waals surface area contributed by atoms with E-state index in [1.165, 1.54) is 0 Å². The van der Waals surface area contributed by atoms with Gasteiger partial charge in [-0.15, -0.1) is 0 Å². The van der Waals surface area contributed by atoms with E-state index in [1.807, 2.05) is 0 Å². The van der Waals surface area contributed by atoms with E-state index in [9.17, 15) is 25.4 Å². The minimum absolute atomic E-state index is 0.177. The molecule has 1 aromatic heterocycles. The van der Waals surface area contributed by atoms with Crippen LogP contribution in [0, 0.1) is 36.8 Å². The highest BCUT2D eigenvalue weighted by molar-refractivity contribution is 5.85. The van der Waals surface area contributed by atoms with Crippen LogP contribution in [0.25, 0.3) is 11.0 Å². The second-order valence-electron chi connectivity index (χ2n) is 4.63. The Balaban J connectivity index is 3.07. The highest BCUT2D eigenvalue weighted by atomic mass is 16.8. The van der Waals surface area contributed by atoms with E-state index in [0.29, 0.717) is 0 Å². The first-order chi connectivity index (χ1) is 9.71. The highest BCUT2D eigenvalue weighted by Gasteiger charge is 2.46. The van der Waals surface area contributed by atoms with Crippen molar-refractivity contribution in [3.05, 3.63) is 42.6 Å². The normalized spacial score (nSPS) is 11.3. The molecule has 0 spiro atoms. The number of fused-ring (bicyclic) bond motifs is 1. The van der Waals surface area contributed by atoms with Crippen molar-refractivity contribution in [1.29, 1.82) is 5.26 Å². The minimum atomic E-state index is -1.95. The number of aromatic nitrogens is 2. The van der Waals surface area contributed by atoms with E-state index in [1.54, 1.807) is 6.07 Å². The molecule has 2 rings (SSSR count). The molecule has 0 amide bonds. The third-order valence-electron chi connectivity index (χ3n) is 3.03. The van der Waals surface area contributed by atoms with Gasteiger partial charge in [0, 0.05) is 30.0 Å². The van der Waals surface area contributed by atoms with Gasteiger partial charge in [-0.2, -0.15) is 5.26 Å². The zero-order valence-corrected chi connectivity index (χ0v) is 10.8. The molecule has 0 saturated carbocycles. The lowest BCUT2D eigenvalue weighted by Crippen LogP contribution is -2.33. The Bertz CT molecular complexity index is 817. The first-order valence-electron chi connectivity index (χ1n) is 5.47. The minimum Gasteiger partial charge on any atom is -0.359 e. The number of nitro groups is 2. The Labute approximate surface area is 115 Å². The molecule has 11 nitrogen and oxygen atoms in total. The summed E-state index contributed by atoms with van der Waals surface area (Å²) >= 11 is 0. The van der Waals surface area contributed by atoms with Crippen LogP contribution in [-0.2, 0) is 5.54 Å². The van der Waals surface area contributed by atoms with Gasteiger partial charge in [-0.1, -0.05) is 0 Å². The maximum Gasteiger partial charge on any atom is 0.285 e. The molecular weight excluding hydrogens is 286 g/mol. The standard InChI is InChI=1S/C10H7N5O6/c1-10(2,15(19)20)7-6(13(16)17)3-5(4-11)8-9(7)14(18)21-12-8/h3H,1-2H3. The number of benzene rings is 1. The molecule has 108 valence electrons. The number of nitriles is 1. The number of nitrogens with zero attached hydrogens (tertiary/aromatic N) is 5. The maximum atomic E-state index is 11.6. The Morgan fingerprint density at radius 3 is 2.52 bits per heavy atom. The molecule has 0 radical (unpaired) electrons. The van der Waals surface area contributed by atoms with Gasteiger partial charge in [-0.25, -0.2) is 0 Å². The second kappa shape index (κ2) is 4.37. The number of rotatable bonds is 3. The van der Waals surface area contributed by atoms with Crippen LogP contribution in [0.15, 0.2) is 10.7 Å². The predicted molar refractivity (Wildman–Crippen MR) is 64.4 cm³/mol. The second-order valence-corrected chi connectivity index (χ2v) is 4.63. The van der Waals surface area contributed by atoms with Crippen LogP contribution in [0.3, 0.4) is 0 Å². The van der Waals surface area contributed by atoms with Crippen LogP contribution in [-0.4, -0.2) is 15.0 Å². The number of hydrogen-bond acceptors (Lipinski definition) is 8. The van der Waals surface area contributed by atoms with Gasteiger partial charge in [0.15, 0.2) is 5.56 Å². The number of hydrogen-bond donors (Lipinski definition) is 0. The molecule has 21 heavy (non-hydrogen) atoms. The first-order valence-corrected chi connectivity index (χ1v) is 5.47. The topological polar surface area (TPSA) is 163 Å². The van der Waals surface area contributed by atoms with E-state index in [-0.39, 0.29) is 16.0 Å². The quantitative estimate of drug-likeness (QED) is 0.454. The van der Waals surface area contributed by atoms with Crippen LogP contribution in [0.2, 0.25) is 0 Å². The molecule has 1 aromatic carbocycles. The van der Waals surface area contributed by atoms with Crippen LogP contribution in [0.5, 0.6) is 0 Å². The van der Waals surface area contributed by atoms with Gasteiger partial charge < -0.3 is 5.21 Å². The van der Waals surface area contributed by atoms with Gasteiger partial charge in [0.2, 0.25) is 5.52 Å². The van der Waals surface area contributed by atoms with Crippen LogP contribution >= 0.6 is 0 Å². The molecule has 0 fully saturated rings. The Hall–Kier alpha value is -3.29. The summed E-state index contributed by atoms with van der Waals surface area (Å²) in [6.45, 7) is 2.21. The van der Waals surface area contributed by atoms with Crippen molar-refractivity contribution in [3.8, 4) is 6.07 Å². The van der Waals surface area contributed by atoms with E-state index in [0.717, 1.165) is 19.9 Å². The molecule has 11 heteroatoms. The predicted octanol–water partition coefficient (Wildman–Crippen LogP) is 0.753. The van der Waals surface area contributed by atoms with Gasteiger partial charge in [-0.3, -0.25) is 24.9 Å². The molecule has 0 saturated heterocycles. The van der Waals surface area contributed by atoms with Crippen molar-refractivity contribution < 1.29 is 19.4 Å². The van der Waals surface area contributed by atoms with Gasteiger partial charge in [0.1, 0.15) is 11.6 Å². The van der Waals surface area contributed by atoms with Gasteiger partial charge >= 0.3 is 0 Å². The van der Waals surface area contributed by atoms with Gasteiger partial charge in [-0.05, 0) is 4.90 Å². The molecular formula is C10H7N5O6. The number of nitro benzene ring substituents is 1. The van der Waals surface area contributed by atoms with E-state index >= 15 is 0 Å². The molecule has 0 unspecified atom stereocenters. The zero-order valence-electron chi connectivity index (χ0n) is 10.8. The summed E-state index contributed by atoms with van der Waals surface area (Å²) in [5, 5.41) is 46.3. The molecule has 0 N–H and O–H groups in total. The van der Waals surface area contributed by atoms with Crippen molar-refractivity contribution in [1.82, 2.24) is 5.16 Å². The monoisotopic (exact) mass is 293 g/mol. The molecule has 0 atom stereocenters. The largest absolute Gasteiger partial charge is 0.359 e. The van der Waals surface area contributed by atoms with Crippen molar-refractivity contribution in [2.75, 3.05) is 0 Å². The molecule has 0 aliphatic carbocycles. The molecule has 0 bridgehead atoms. The molecule has 0 aliphatic heterocycles. The SMILES string of the molecule is CC(C)(c1c([N+](=O)[O-])cc(C#N)c2no[n+]([O-])c12)[N+](=O)[O-]. The van der Waals surface area contributed by atoms with Crippen LogP contribution in [0.1, 0.15) is 25.0 Å². The van der Waals surface area contributed by atoms with E-state index < -0.39 is 32.2 Å². The molecule has 0 aliphatic rings. The maximum absolute atomic E-state index is 11.6. The van der Waals surface area contributed by atoms with E-state index in [2.05, 4.69) is 9.79 Å². The summed E-state index contributed by atoms with van der Waals surface area (Å²) in [5.74, 6) is 0. The molecule has 1 heterocycles. The fraction of sp³-hybridized carbons (Fsp3) is 0.300. The zero-order chi connectivity index (χ0) is 15.9. The van der Waals surface area contributed by atoms with Crippen molar-refractivity contribution in [2.24, 2.45) is 0 Å². The lowest BCUT2D eigenvalue weighted by atomic mass is 9.90. The smallest absolute Gasteiger partial charge is 0.285 e. The molecule has 2 aromatic rings. The fourth-order valence-corrected chi connectivity index (χ4v) is 1.96. The average molecular weight is 293 g/mol. The lowest BCUT2D eigenvalue weighted by molar-refractivity contribution is -0.782. The van der Waals surface area contributed by atoms with Crippen LogP contribution < -0.4 is 4.90 Å². The fourth-order valence-electron chi connectivity index (χ4n) is 1.96. The highest BCUT2D eigenvalue weighted by Crippen LogP contribution is 2.37. The Kier molecular flexibility index (Phi) is 2.94. The van der Waals surface area contributed by atoms with Crippen molar-refractivity contribution in [2.45, 2.75) is 19.4 Å². The van der Waals surface area contributed by atoms with Crippen molar-refractivity contribution in [3.63, 3.8) is 0 Å².